The van der Waals surface area contributed by atoms with Crippen molar-refractivity contribution < 1.29 is 0 Å². The van der Waals surface area contributed by atoms with Crippen LogP contribution >= 0.6 is 0 Å². The molecule has 1 aliphatic heterocycles. The van der Waals surface area contributed by atoms with Crippen LogP contribution in [0, 0.1) is 13.8 Å². The monoisotopic (exact) mass is 327 g/mol. The number of imidazole rings is 1. The molecule has 3 heterocycles. The Morgan fingerprint density at radius 2 is 1.92 bits per heavy atom. The molecule has 2 aromatic rings. The van der Waals surface area contributed by atoms with E-state index in [4.69, 9.17) is 0 Å². The molecule has 24 heavy (non-hydrogen) atoms. The molecule has 1 atom stereocenters. The van der Waals surface area contributed by atoms with Crippen LogP contribution < -0.4 is 0 Å². The second-order valence-corrected chi connectivity index (χ2v) is 7.63. The van der Waals surface area contributed by atoms with E-state index in [1.165, 1.54) is 49.9 Å². The highest BCUT2D eigenvalue weighted by Gasteiger charge is 2.27. The Balaban J connectivity index is 1.42. The fraction of sp³-hybridized carbons (Fsp3) is 0.684. The van der Waals surface area contributed by atoms with Crippen molar-refractivity contribution >= 4 is 0 Å². The van der Waals surface area contributed by atoms with Crippen molar-refractivity contribution in [3.63, 3.8) is 0 Å². The minimum atomic E-state index is 0.518. The van der Waals surface area contributed by atoms with Gasteiger partial charge in [-0.15, -0.1) is 0 Å². The summed E-state index contributed by atoms with van der Waals surface area (Å²) in [6.45, 7) is 7.52. The lowest BCUT2D eigenvalue weighted by Gasteiger charge is -2.26. The largest absolute Gasteiger partial charge is 0.330 e. The quantitative estimate of drug-likeness (QED) is 0.860. The van der Waals surface area contributed by atoms with Crippen LogP contribution in [0.1, 0.15) is 67.7 Å². The van der Waals surface area contributed by atoms with Crippen LogP contribution in [0.15, 0.2) is 18.6 Å². The summed E-state index contributed by atoms with van der Waals surface area (Å²) in [6, 6.07) is 3.37. The number of aromatic nitrogens is 4. The summed E-state index contributed by atoms with van der Waals surface area (Å²) in [5.74, 6) is 0. The minimum Gasteiger partial charge on any atom is -0.330 e. The van der Waals surface area contributed by atoms with E-state index >= 15 is 0 Å². The molecular weight excluding hydrogens is 298 g/mol. The van der Waals surface area contributed by atoms with Gasteiger partial charge in [0.05, 0.1) is 23.8 Å². The smallest absolute Gasteiger partial charge is 0.0951 e. The first-order valence-electron chi connectivity index (χ1n) is 9.46. The van der Waals surface area contributed by atoms with Crippen LogP contribution in [0.2, 0.25) is 0 Å². The summed E-state index contributed by atoms with van der Waals surface area (Å²) in [5.41, 5.74) is 3.80. The molecular formula is C19H29N5. The summed E-state index contributed by atoms with van der Waals surface area (Å²) >= 11 is 0. The summed E-state index contributed by atoms with van der Waals surface area (Å²) in [6.07, 6.45) is 12.1. The molecule has 0 aromatic carbocycles. The lowest BCUT2D eigenvalue weighted by molar-refractivity contribution is 0.286. The number of likely N-dealkylation sites (tertiary alicyclic amines) is 1. The topological polar surface area (TPSA) is 38.9 Å². The highest BCUT2D eigenvalue weighted by Crippen LogP contribution is 2.30. The van der Waals surface area contributed by atoms with Crippen molar-refractivity contribution in [3.8, 4) is 0 Å². The van der Waals surface area contributed by atoms with E-state index in [2.05, 4.69) is 56.7 Å². The van der Waals surface area contributed by atoms with Gasteiger partial charge in [0, 0.05) is 37.6 Å². The number of hydrogen-bond donors (Lipinski definition) is 0. The molecule has 1 saturated carbocycles. The summed E-state index contributed by atoms with van der Waals surface area (Å²) in [7, 11) is 0. The molecule has 1 aliphatic carbocycles. The van der Waals surface area contributed by atoms with Gasteiger partial charge in [-0.05, 0) is 39.2 Å². The first-order chi connectivity index (χ1) is 11.7. The second-order valence-electron chi connectivity index (χ2n) is 7.63. The van der Waals surface area contributed by atoms with Gasteiger partial charge in [0.2, 0.25) is 0 Å². The van der Waals surface area contributed by atoms with Crippen LogP contribution in [0.25, 0.3) is 0 Å². The van der Waals surface area contributed by atoms with Crippen LogP contribution in [0.4, 0.5) is 0 Å². The summed E-state index contributed by atoms with van der Waals surface area (Å²) in [5, 5.41) is 4.69. The zero-order valence-electron chi connectivity index (χ0n) is 15.0. The Bertz CT molecular complexity index is 680. The number of aryl methyl sites for hydroxylation is 2. The van der Waals surface area contributed by atoms with Gasteiger partial charge in [0.25, 0.3) is 0 Å². The molecule has 0 spiro atoms. The first kappa shape index (κ1) is 15.9. The maximum absolute atomic E-state index is 4.69. The van der Waals surface area contributed by atoms with Gasteiger partial charge >= 0.3 is 0 Å². The van der Waals surface area contributed by atoms with Crippen molar-refractivity contribution in [2.24, 2.45) is 0 Å². The lowest BCUT2D eigenvalue weighted by atomic mass is 9.95. The van der Waals surface area contributed by atoms with E-state index in [1.54, 1.807) is 0 Å². The van der Waals surface area contributed by atoms with E-state index in [0.717, 1.165) is 25.3 Å². The fourth-order valence-corrected chi connectivity index (χ4v) is 4.54. The highest BCUT2D eigenvalue weighted by molar-refractivity contribution is 5.09. The van der Waals surface area contributed by atoms with E-state index in [1.807, 2.05) is 0 Å². The van der Waals surface area contributed by atoms with Crippen molar-refractivity contribution in [3.05, 3.63) is 35.7 Å². The van der Waals surface area contributed by atoms with Gasteiger partial charge in [0.15, 0.2) is 0 Å². The van der Waals surface area contributed by atoms with Crippen molar-refractivity contribution in [1.29, 1.82) is 0 Å². The average Bonchev–Trinajstić information content (AvgIpc) is 3.29. The van der Waals surface area contributed by atoms with Crippen LogP contribution in [-0.4, -0.2) is 37.3 Å². The molecule has 5 heteroatoms. The minimum absolute atomic E-state index is 0.518. The standard InChI is InChI=1S/C19H29N5/c1-15-10-16(2)24(21-15)18-8-9-22(12-18)13-19-11-20-14-23(19)17-6-4-3-5-7-17/h10-11,14,17-18H,3-9,12-13H2,1-2H3/t18-/m1/s1. The molecule has 130 valence electrons. The third-order valence-electron chi connectivity index (χ3n) is 5.74. The molecule has 4 rings (SSSR count). The lowest BCUT2D eigenvalue weighted by Crippen LogP contribution is -2.24. The van der Waals surface area contributed by atoms with Crippen LogP contribution in [-0.2, 0) is 6.54 Å². The van der Waals surface area contributed by atoms with Crippen molar-refractivity contribution in [2.45, 2.75) is 71.0 Å². The van der Waals surface area contributed by atoms with Gasteiger partial charge in [-0.1, -0.05) is 19.3 Å². The second kappa shape index (κ2) is 6.71. The normalized spacial score (nSPS) is 23.2. The zero-order valence-corrected chi connectivity index (χ0v) is 15.0. The SMILES string of the molecule is Cc1cc(C)n([C@@H]2CCN(Cc3cncn3C3CCCCC3)C2)n1. The number of hydrogen-bond acceptors (Lipinski definition) is 3. The van der Waals surface area contributed by atoms with Gasteiger partial charge in [-0.2, -0.15) is 5.10 Å². The van der Waals surface area contributed by atoms with E-state index < -0.39 is 0 Å². The predicted octanol–water partition coefficient (Wildman–Crippen LogP) is 3.65. The van der Waals surface area contributed by atoms with Crippen molar-refractivity contribution in [1.82, 2.24) is 24.2 Å². The van der Waals surface area contributed by atoms with E-state index in [-0.39, 0.29) is 0 Å². The molecule has 1 saturated heterocycles. The van der Waals surface area contributed by atoms with E-state index in [0.29, 0.717) is 12.1 Å². The third-order valence-corrected chi connectivity index (χ3v) is 5.74. The first-order valence-corrected chi connectivity index (χ1v) is 9.46. The molecule has 0 bridgehead atoms. The number of nitrogens with zero attached hydrogens (tertiary/aromatic N) is 5. The zero-order chi connectivity index (χ0) is 16.5. The summed E-state index contributed by atoms with van der Waals surface area (Å²) < 4.78 is 4.68. The Hall–Kier alpha value is -1.62. The molecule has 0 amide bonds. The average molecular weight is 327 g/mol. The Kier molecular flexibility index (Phi) is 4.44. The van der Waals surface area contributed by atoms with Crippen LogP contribution in [0.5, 0.6) is 0 Å². The molecule has 5 nitrogen and oxygen atoms in total. The van der Waals surface area contributed by atoms with Gasteiger partial charge in [0.1, 0.15) is 0 Å². The Morgan fingerprint density at radius 3 is 2.67 bits per heavy atom. The van der Waals surface area contributed by atoms with Crippen LogP contribution in [0.3, 0.4) is 0 Å². The molecule has 2 aliphatic rings. The molecule has 2 aromatic heterocycles. The predicted molar refractivity (Wildman–Crippen MR) is 95.0 cm³/mol. The summed E-state index contributed by atoms with van der Waals surface area (Å²) in [4.78, 5) is 7.02. The van der Waals surface area contributed by atoms with E-state index in [9.17, 15) is 0 Å². The molecule has 0 radical (unpaired) electrons. The maximum Gasteiger partial charge on any atom is 0.0951 e. The maximum atomic E-state index is 4.69. The van der Waals surface area contributed by atoms with Gasteiger partial charge in [-0.3, -0.25) is 9.58 Å². The number of rotatable bonds is 4. The molecule has 0 unspecified atom stereocenters. The van der Waals surface area contributed by atoms with Crippen molar-refractivity contribution in [2.75, 3.05) is 13.1 Å². The third kappa shape index (κ3) is 3.14. The van der Waals surface area contributed by atoms with Gasteiger partial charge < -0.3 is 4.57 Å². The Morgan fingerprint density at radius 1 is 1.08 bits per heavy atom. The Labute approximate surface area is 144 Å². The fourth-order valence-electron chi connectivity index (χ4n) is 4.54. The molecule has 0 N–H and O–H groups in total. The van der Waals surface area contributed by atoms with Gasteiger partial charge in [-0.25, -0.2) is 4.98 Å². The highest BCUT2D eigenvalue weighted by atomic mass is 15.3. The molecule has 2 fully saturated rings.